The maximum absolute atomic E-state index is 12.8. The highest BCUT2D eigenvalue weighted by molar-refractivity contribution is 6.04. The van der Waals surface area contributed by atoms with Gasteiger partial charge in [0.1, 0.15) is 5.75 Å². The van der Waals surface area contributed by atoms with E-state index in [-0.39, 0.29) is 17.4 Å². The number of anilines is 1. The lowest BCUT2D eigenvalue weighted by atomic mass is 9.91. The molecule has 1 atom stereocenters. The van der Waals surface area contributed by atoms with Gasteiger partial charge in [0.2, 0.25) is 0 Å². The summed E-state index contributed by atoms with van der Waals surface area (Å²) in [4.78, 5) is 25.4. The Bertz CT molecular complexity index is 899. The summed E-state index contributed by atoms with van der Waals surface area (Å²) >= 11 is 0. The van der Waals surface area contributed by atoms with Gasteiger partial charge in [-0.25, -0.2) is 0 Å². The minimum Gasteiger partial charge on any atom is -0.481 e. The number of amides is 2. The number of rotatable bonds is 5. The van der Waals surface area contributed by atoms with Crippen LogP contribution in [0.4, 0.5) is 5.69 Å². The fourth-order valence-electron chi connectivity index (χ4n) is 3.53. The molecule has 0 fully saturated rings. The van der Waals surface area contributed by atoms with Gasteiger partial charge in [-0.05, 0) is 82.7 Å². The molecule has 0 spiro atoms. The largest absolute Gasteiger partial charge is 0.481 e. The van der Waals surface area contributed by atoms with Gasteiger partial charge in [0.05, 0.1) is 11.3 Å². The molecule has 1 aliphatic rings. The first-order valence-corrected chi connectivity index (χ1v) is 10.2. The average Bonchev–Trinajstić information content (AvgIpc) is 2.67. The second-order valence-corrected chi connectivity index (χ2v) is 8.60. The van der Waals surface area contributed by atoms with E-state index in [1.165, 1.54) is 17.5 Å². The van der Waals surface area contributed by atoms with E-state index in [1.54, 1.807) is 31.2 Å². The van der Waals surface area contributed by atoms with E-state index in [1.807, 2.05) is 32.9 Å². The van der Waals surface area contributed by atoms with Gasteiger partial charge in [-0.1, -0.05) is 24.3 Å². The number of aryl methyl sites for hydroxylation is 1. The maximum atomic E-state index is 12.8. The van der Waals surface area contributed by atoms with Crippen molar-refractivity contribution < 1.29 is 14.3 Å². The first-order valence-electron chi connectivity index (χ1n) is 10.2. The Kier molecular flexibility index (Phi) is 6.26. The van der Waals surface area contributed by atoms with Gasteiger partial charge in [0, 0.05) is 5.54 Å². The molecule has 2 N–H and O–H groups in total. The number of fused-ring (bicyclic) bond motifs is 1. The zero-order chi connectivity index (χ0) is 21.0. The predicted molar refractivity (Wildman–Crippen MR) is 115 cm³/mol. The van der Waals surface area contributed by atoms with Gasteiger partial charge in [-0.3, -0.25) is 9.59 Å². The molecule has 0 unspecified atom stereocenters. The average molecular weight is 395 g/mol. The van der Waals surface area contributed by atoms with Crippen LogP contribution in [0.2, 0.25) is 0 Å². The van der Waals surface area contributed by atoms with Gasteiger partial charge in [-0.2, -0.15) is 0 Å². The number of carbonyl (C=O) groups is 2. The van der Waals surface area contributed by atoms with Gasteiger partial charge in [0.25, 0.3) is 11.8 Å². The summed E-state index contributed by atoms with van der Waals surface area (Å²) in [6, 6.07) is 13.1. The minimum atomic E-state index is -0.679. The molecule has 3 rings (SSSR count). The van der Waals surface area contributed by atoms with E-state index >= 15 is 0 Å². The highest BCUT2D eigenvalue weighted by atomic mass is 16.5. The fraction of sp³-hybridized carbons (Fsp3) is 0.417. The third-order valence-corrected chi connectivity index (χ3v) is 4.94. The van der Waals surface area contributed by atoms with Crippen LogP contribution in [0.1, 0.15) is 62.0 Å². The van der Waals surface area contributed by atoms with Gasteiger partial charge in [0.15, 0.2) is 6.10 Å². The monoisotopic (exact) mass is 394 g/mol. The van der Waals surface area contributed by atoms with Crippen LogP contribution < -0.4 is 15.4 Å². The molecule has 2 amide bonds. The summed E-state index contributed by atoms with van der Waals surface area (Å²) in [6.45, 7) is 7.49. The molecule has 5 nitrogen and oxygen atoms in total. The molecule has 1 aliphatic carbocycles. The molecule has 2 aromatic rings. The van der Waals surface area contributed by atoms with Crippen molar-refractivity contribution in [3.63, 3.8) is 0 Å². The maximum Gasteiger partial charge on any atom is 0.265 e. The van der Waals surface area contributed by atoms with E-state index < -0.39 is 6.10 Å². The summed E-state index contributed by atoms with van der Waals surface area (Å²) in [7, 11) is 0. The Morgan fingerprint density at radius 2 is 1.72 bits per heavy atom. The van der Waals surface area contributed by atoms with Crippen molar-refractivity contribution in [3.05, 3.63) is 59.2 Å². The molecule has 0 heterocycles. The van der Waals surface area contributed by atoms with E-state index in [4.69, 9.17) is 4.74 Å². The van der Waals surface area contributed by atoms with Crippen molar-refractivity contribution in [2.24, 2.45) is 0 Å². The van der Waals surface area contributed by atoms with Crippen LogP contribution in [0.5, 0.6) is 5.75 Å². The first kappa shape index (κ1) is 20.9. The molecule has 0 radical (unpaired) electrons. The Labute approximate surface area is 172 Å². The number of benzene rings is 2. The molecule has 2 aromatic carbocycles. The minimum absolute atomic E-state index is 0.223. The lowest BCUT2D eigenvalue weighted by Gasteiger charge is -2.23. The summed E-state index contributed by atoms with van der Waals surface area (Å²) in [6.07, 6.45) is 3.70. The van der Waals surface area contributed by atoms with Crippen LogP contribution in [0, 0.1) is 0 Å². The van der Waals surface area contributed by atoms with Gasteiger partial charge in [-0.15, -0.1) is 0 Å². The van der Waals surface area contributed by atoms with Crippen LogP contribution in [-0.2, 0) is 17.6 Å². The third-order valence-electron chi connectivity index (χ3n) is 4.94. The molecule has 0 saturated heterocycles. The number of carbonyl (C=O) groups excluding carboxylic acids is 2. The van der Waals surface area contributed by atoms with E-state index in [0.717, 1.165) is 25.0 Å². The fourth-order valence-corrected chi connectivity index (χ4v) is 3.53. The number of ether oxygens (including phenoxy) is 1. The van der Waals surface area contributed by atoms with Crippen LogP contribution in [0.25, 0.3) is 0 Å². The molecule has 0 bridgehead atoms. The quantitative estimate of drug-likeness (QED) is 0.785. The molecule has 154 valence electrons. The van der Waals surface area contributed by atoms with Gasteiger partial charge >= 0.3 is 0 Å². The Morgan fingerprint density at radius 3 is 2.48 bits per heavy atom. The van der Waals surface area contributed by atoms with Crippen molar-refractivity contribution in [3.8, 4) is 5.75 Å². The predicted octanol–water partition coefficient (Wildman–Crippen LogP) is 4.50. The van der Waals surface area contributed by atoms with Crippen LogP contribution in [-0.4, -0.2) is 23.5 Å². The normalized spacial score (nSPS) is 14.5. The SMILES string of the molecule is C[C@@H](Oc1cccc2c1CCCC2)C(=O)Nc1ccccc1C(=O)NC(C)(C)C. The number of hydrogen-bond acceptors (Lipinski definition) is 3. The van der Waals surface area contributed by atoms with Crippen molar-refractivity contribution in [2.75, 3.05) is 5.32 Å². The highest BCUT2D eigenvalue weighted by Gasteiger charge is 2.22. The van der Waals surface area contributed by atoms with Crippen molar-refractivity contribution in [1.29, 1.82) is 0 Å². The molecule has 29 heavy (non-hydrogen) atoms. The standard InChI is InChI=1S/C24H30N2O3/c1-16(29-21-15-9-11-17-10-5-6-12-18(17)21)22(27)25-20-14-8-7-13-19(20)23(28)26-24(2,3)4/h7-9,11,13-16H,5-6,10,12H2,1-4H3,(H,25,27)(H,26,28)/t16-/m1/s1. The van der Waals surface area contributed by atoms with Crippen LogP contribution in [0.3, 0.4) is 0 Å². The molecule has 0 aromatic heterocycles. The number of hydrogen-bond donors (Lipinski definition) is 2. The van der Waals surface area contributed by atoms with Gasteiger partial charge < -0.3 is 15.4 Å². The summed E-state index contributed by atoms with van der Waals surface area (Å²) in [5, 5.41) is 5.78. The smallest absolute Gasteiger partial charge is 0.265 e. The van der Waals surface area contributed by atoms with E-state index in [9.17, 15) is 9.59 Å². The number of para-hydroxylation sites is 1. The Morgan fingerprint density at radius 1 is 1.00 bits per heavy atom. The third kappa shape index (κ3) is 5.37. The summed E-state index contributed by atoms with van der Waals surface area (Å²) in [5.74, 6) is 0.275. The Hall–Kier alpha value is -2.82. The molecular weight excluding hydrogens is 364 g/mol. The zero-order valence-electron chi connectivity index (χ0n) is 17.7. The van der Waals surface area contributed by atoms with E-state index in [2.05, 4.69) is 16.7 Å². The van der Waals surface area contributed by atoms with Crippen molar-refractivity contribution in [1.82, 2.24) is 5.32 Å². The lowest BCUT2D eigenvalue weighted by molar-refractivity contribution is -0.122. The molecule has 0 aliphatic heterocycles. The van der Waals surface area contributed by atoms with Crippen LogP contribution >= 0.6 is 0 Å². The lowest BCUT2D eigenvalue weighted by Crippen LogP contribution is -2.41. The second kappa shape index (κ2) is 8.68. The number of nitrogens with one attached hydrogen (secondary N) is 2. The van der Waals surface area contributed by atoms with Crippen molar-refractivity contribution >= 4 is 17.5 Å². The topological polar surface area (TPSA) is 67.4 Å². The summed E-state index contributed by atoms with van der Waals surface area (Å²) in [5.41, 5.74) is 3.07. The van der Waals surface area contributed by atoms with E-state index in [0.29, 0.717) is 11.3 Å². The molecule has 5 heteroatoms. The van der Waals surface area contributed by atoms with Crippen molar-refractivity contribution in [2.45, 2.75) is 65.0 Å². The second-order valence-electron chi connectivity index (χ2n) is 8.60. The summed E-state index contributed by atoms with van der Waals surface area (Å²) < 4.78 is 6.02. The first-order chi connectivity index (χ1) is 13.7. The highest BCUT2D eigenvalue weighted by Crippen LogP contribution is 2.30. The molecule has 0 saturated carbocycles. The zero-order valence-corrected chi connectivity index (χ0v) is 17.7. The Balaban J connectivity index is 1.72. The van der Waals surface area contributed by atoms with Crippen LogP contribution in [0.15, 0.2) is 42.5 Å². The molecular formula is C24H30N2O3.